The highest BCUT2D eigenvalue weighted by Gasteiger charge is 2.61. The maximum atomic E-state index is 15.4. The molecule has 14 nitrogen and oxygen atoms in total. The van der Waals surface area contributed by atoms with E-state index in [2.05, 4.69) is 4.98 Å². The molecule has 2 unspecified atom stereocenters. The van der Waals surface area contributed by atoms with Crippen molar-refractivity contribution in [2.45, 2.75) is 32.0 Å². The summed E-state index contributed by atoms with van der Waals surface area (Å²) in [5, 5.41) is 9.10. The van der Waals surface area contributed by atoms with E-state index >= 15 is 4.39 Å². The largest absolute Gasteiger partial charge is 0.477 e. The van der Waals surface area contributed by atoms with Crippen LogP contribution in [0.15, 0.2) is 35.3 Å². The number of aromatic nitrogens is 2. The Labute approximate surface area is 253 Å². The third-order valence-corrected chi connectivity index (χ3v) is 7.56. The number of halogens is 3. The van der Waals surface area contributed by atoms with Crippen molar-refractivity contribution in [3.63, 3.8) is 0 Å². The van der Waals surface area contributed by atoms with Gasteiger partial charge >= 0.3 is 5.97 Å². The van der Waals surface area contributed by atoms with Crippen LogP contribution in [0.1, 0.15) is 24.2 Å². The zero-order valence-corrected chi connectivity index (χ0v) is 24.8. The quantitative estimate of drug-likeness (QED) is 0.257. The van der Waals surface area contributed by atoms with Crippen molar-refractivity contribution in [1.29, 1.82) is 0 Å². The number of anilines is 1. The van der Waals surface area contributed by atoms with Crippen molar-refractivity contribution in [2.75, 3.05) is 24.2 Å². The van der Waals surface area contributed by atoms with E-state index in [4.69, 9.17) is 16.0 Å². The Morgan fingerprint density at radius 2 is 1.67 bits per heavy atom. The topological polar surface area (TPSA) is 219 Å². The minimum atomic E-state index is -3.67. The lowest BCUT2D eigenvalue weighted by atomic mass is 10.1. The summed E-state index contributed by atoms with van der Waals surface area (Å²) in [5.41, 5.74) is 8.93. The van der Waals surface area contributed by atoms with E-state index in [-0.39, 0.29) is 48.1 Å². The molecule has 18 heteroatoms. The molecule has 0 bridgehead atoms. The maximum Gasteiger partial charge on any atom is 0.341 e. The third kappa shape index (κ3) is 6.76. The van der Waals surface area contributed by atoms with Crippen molar-refractivity contribution < 1.29 is 45.6 Å². The normalized spacial score (nSPS) is 20.1. The number of carbonyl (C=O) groups excluding carboxylic acids is 2. The lowest BCUT2D eigenvalue weighted by Crippen LogP contribution is -2.54. The summed E-state index contributed by atoms with van der Waals surface area (Å²) in [7, 11) is -3.67. The Morgan fingerprint density at radius 1 is 1.09 bits per heavy atom. The average Bonchev–Trinajstić information content (AvgIpc) is 3.37. The molecule has 2 aromatic heterocycles. The minimum absolute atomic E-state index is 0.146. The summed E-state index contributed by atoms with van der Waals surface area (Å²) in [4.78, 5) is 56.4. The van der Waals surface area contributed by atoms with Crippen molar-refractivity contribution in [3.8, 4) is 5.69 Å². The first-order valence-corrected chi connectivity index (χ1v) is 15.2. The zero-order chi connectivity index (χ0) is 33.7. The van der Waals surface area contributed by atoms with Gasteiger partial charge in [-0.05, 0) is 32.0 Å². The molecule has 3 heterocycles. The molecular formula is C27H29F3N6O8S. The molecule has 45 heavy (non-hydrogen) atoms. The van der Waals surface area contributed by atoms with Crippen LogP contribution in [0.3, 0.4) is 0 Å². The first-order chi connectivity index (χ1) is 20.8. The van der Waals surface area contributed by atoms with Crippen LogP contribution in [0.4, 0.5) is 19.0 Å². The molecule has 1 aliphatic carbocycles. The van der Waals surface area contributed by atoms with E-state index in [1.54, 1.807) is 4.90 Å². The molecule has 6 N–H and O–H groups in total. The maximum absolute atomic E-state index is 15.4. The number of hydrogen-bond donors (Lipinski definition) is 4. The van der Waals surface area contributed by atoms with Crippen molar-refractivity contribution in [3.05, 3.63) is 63.7 Å². The Balaban J connectivity index is 0.000000854. The lowest BCUT2D eigenvalue weighted by molar-refractivity contribution is -0.140. The van der Waals surface area contributed by atoms with Crippen LogP contribution < -0.4 is 21.8 Å². The number of fused-ring (bicyclic) bond motifs is 2. The molecule has 1 aromatic carbocycles. The minimum Gasteiger partial charge on any atom is -0.477 e. The third-order valence-electron chi connectivity index (χ3n) is 7.56. The molecule has 0 radical (unpaired) electrons. The van der Waals surface area contributed by atoms with E-state index in [0.717, 1.165) is 29.0 Å². The molecule has 242 valence electrons. The molecular weight excluding hydrogens is 625 g/mol. The number of aromatic carboxylic acids is 1. The van der Waals surface area contributed by atoms with Gasteiger partial charge in [0, 0.05) is 43.2 Å². The van der Waals surface area contributed by atoms with Gasteiger partial charge in [-0.25, -0.2) is 22.9 Å². The number of piperidine rings is 1. The Morgan fingerprint density at radius 3 is 2.16 bits per heavy atom. The van der Waals surface area contributed by atoms with Gasteiger partial charge in [-0.1, -0.05) is 0 Å². The molecule has 4 atom stereocenters. The van der Waals surface area contributed by atoms with E-state index in [9.17, 15) is 41.5 Å². The average molecular weight is 655 g/mol. The van der Waals surface area contributed by atoms with Crippen molar-refractivity contribution >= 4 is 44.8 Å². The summed E-state index contributed by atoms with van der Waals surface area (Å²) < 4.78 is 70.5. The zero-order valence-electron chi connectivity index (χ0n) is 24.0. The molecule has 1 saturated carbocycles. The summed E-state index contributed by atoms with van der Waals surface area (Å²) in [5.74, 6) is -6.05. The van der Waals surface area contributed by atoms with Crippen LogP contribution in [0.2, 0.25) is 0 Å². The number of nitrogens with zero attached hydrogens (tertiary/aromatic N) is 4. The van der Waals surface area contributed by atoms with E-state index < -0.39 is 73.8 Å². The second-order valence-electron chi connectivity index (χ2n) is 10.9. The number of amides is 2. The first kappa shape index (κ1) is 33.3. The van der Waals surface area contributed by atoms with Crippen molar-refractivity contribution in [1.82, 2.24) is 14.5 Å². The standard InChI is InChI=1S/C26H25F3N6O5.CH4O3S/c1-10(30)25(38)35(11(2)22(31)37)20-14-7-33(8-15(14)20)24-18(29)6-13-21(36)16(26(39)40)9-34(23(13)32-24)19-4-3-12(27)5-17(19)28;1-5(2,3)4/h3-6,9-11,14-15,20H,7-8,30H2,1-2H3,(H2,31,37)(H,39,40);1H3,(H,2,3,4)/t10-,11-,14?,15?,20?;/m0./s1. The number of carboxylic acid groups (broad SMARTS) is 1. The van der Waals surface area contributed by atoms with Gasteiger partial charge in [0.25, 0.3) is 10.1 Å². The van der Waals surface area contributed by atoms with Gasteiger partial charge < -0.3 is 26.4 Å². The second kappa shape index (κ2) is 12.1. The number of pyridine rings is 2. The lowest BCUT2D eigenvalue weighted by Gasteiger charge is -2.32. The van der Waals surface area contributed by atoms with Crippen LogP contribution in [-0.4, -0.2) is 87.8 Å². The fraction of sp³-hybridized carbons (Fsp3) is 0.370. The molecule has 3 aromatic rings. The van der Waals surface area contributed by atoms with Crippen LogP contribution in [0.25, 0.3) is 16.7 Å². The van der Waals surface area contributed by atoms with Gasteiger partial charge in [0.05, 0.1) is 23.4 Å². The van der Waals surface area contributed by atoms with Gasteiger partial charge in [0.15, 0.2) is 17.3 Å². The van der Waals surface area contributed by atoms with Gasteiger partial charge in [-0.2, -0.15) is 8.42 Å². The predicted molar refractivity (Wildman–Crippen MR) is 154 cm³/mol. The highest BCUT2D eigenvalue weighted by Crippen LogP contribution is 2.51. The number of carbonyl (C=O) groups is 3. The number of carboxylic acids is 1. The fourth-order valence-electron chi connectivity index (χ4n) is 5.50. The molecule has 5 rings (SSSR count). The van der Waals surface area contributed by atoms with Crippen molar-refractivity contribution in [2.24, 2.45) is 23.3 Å². The second-order valence-corrected chi connectivity index (χ2v) is 12.3. The highest BCUT2D eigenvalue weighted by molar-refractivity contribution is 7.85. The molecule has 1 saturated heterocycles. The number of rotatable bonds is 7. The van der Waals surface area contributed by atoms with Gasteiger partial charge in [-0.3, -0.25) is 23.5 Å². The number of primary amides is 1. The van der Waals surface area contributed by atoms with Gasteiger partial charge in [-0.15, -0.1) is 0 Å². The summed E-state index contributed by atoms with van der Waals surface area (Å²) >= 11 is 0. The van der Waals surface area contributed by atoms with Crippen LogP contribution >= 0.6 is 0 Å². The van der Waals surface area contributed by atoms with Crippen LogP contribution in [-0.2, 0) is 19.7 Å². The van der Waals surface area contributed by atoms with Crippen LogP contribution in [0, 0.1) is 29.3 Å². The summed E-state index contributed by atoms with van der Waals surface area (Å²) in [6.07, 6.45) is 1.57. The predicted octanol–water partition coefficient (Wildman–Crippen LogP) is 0.489. The molecule has 2 fully saturated rings. The summed E-state index contributed by atoms with van der Waals surface area (Å²) in [6, 6.07) is 1.31. The van der Waals surface area contributed by atoms with Gasteiger partial charge in [0.2, 0.25) is 17.2 Å². The van der Waals surface area contributed by atoms with E-state index in [0.29, 0.717) is 12.3 Å². The van der Waals surface area contributed by atoms with E-state index in [1.807, 2.05) is 0 Å². The molecule has 0 spiro atoms. The Kier molecular flexibility index (Phi) is 8.96. The fourth-order valence-corrected chi connectivity index (χ4v) is 5.50. The number of nitrogens with two attached hydrogens (primary N) is 2. The number of hydrogen-bond acceptors (Lipinski definition) is 9. The van der Waals surface area contributed by atoms with Crippen LogP contribution in [0.5, 0.6) is 0 Å². The van der Waals surface area contributed by atoms with E-state index in [1.165, 1.54) is 18.7 Å². The molecule has 2 aliphatic rings. The Bertz CT molecular complexity index is 1870. The number of benzene rings is 1. The monoisotopic (exact) mass is 654 g/mol. The molecule has 2 amide bonds. The Hall–Kier alpha value is -4.55. The smallest absolute Gasteiger partial charge is 0.341 e. The highest BCUT2D eigenvalue weighted by atomic mass is 32.2. The molecule has 1 aliphatic heterocycles. The SMILES string of the molecule is CS(=O)(=O)O.C[C@H](N)C(=O)N(C1C2CN(c3nc4c(cc3F)c(=O)c(C(=O)O)cn4-c3ccc(F)cc3F)CC21)[C@@H](C)C(N)=O. The first-order valence-electron chi connectivity index (χ1n) is 13.3. The summed E-state index contributed by atoms with van der Waals surface area (Å²) in [6.45, 7) is 3.49. The van der Waals surface area contributed by atoms with Gasteiger partial charge in [0.1, 0.15) is 23.2 Å².